The lowest BCUT2D eigenvalue weighted by molar-refractivity contribution is 0.435. The third kappa shape index (κ3) is 2.07. The average Bonchev–Trinajstić information content (AvgIpc) is 2.59. The quantitative estimate of drug-likeness (QED) is 0.788. The van der Waals surface area contributed by atoms with Crippen molar-refractivity contribution in [3.63, 3.8) is 0 Å². The number of H-pyrrole nitrogens is 1. The standard InChI is InChI=1S/C14H16F2N2O/c15-10-7-8-11-13(12(10)16)18(14(19)17-11)9-5-3-1-2-4-6-9/h7-9H,1-6H2,(H,17,19). The Morgan fingerprint density at radius 1 is 1.11 bits per heavy atom. The predicted molar refractivity (Wildman–Crippen MR) is 69.2 cm³/mol. The van der Waals surface area contributed by atoms with Gasteiger partial charge in [-0.25, -0.2) is 13.6 Å². The van der Waals surface area contributed by atoms with Crippen molar-refractivity contribution in [2.45, 2.75) is 44.6 Å². The fraction of sp³-hybridized carbons (Fsp3) is 0.500. The van der Waals surface area contributed by atoms with E-state index >= 15 is 0 Å². The summed E-state index contributed by atoms with van der Waals surface area (Å²) in [5.41, 5.74) is 0.108. The Morgan fingerprint density at radius 2 is 1.79 bits per heavy atom. The second kappa shape index (κ2) is 4.79. The van der Waals surface area contributed by atoms with E-state index in [1.807, 2.05) is 0 Å². The van der Waals surface area contributed by atoms with E-state index in [-0.39, 0.29) is 17.2 Å². The maximum absolute atomic E-state index is 14.0. The monoisotopic (exact) mass is 266 g/mol. The molecule has 2 aromatic rings. The predicted octanol–water partition coefficient (Wildman–Crippen LogP) is 3.50. The van der Waals surface area contributed by atoms with Crippen LogP contribution in [-0.2, 0) is 0 Å². The normalized spacial score (nSPS) is 17.8. The minimum atomic E-state index is -0.930. The van der Waals surface area contributed by atoms with Gasteiger partial charge in [0.15, 0.2) is 11.6 Å². The van der Waals surface area contributed by atoms with Gasteiger partial charge in [-0.3, -0.25) is 4.57 Å². The summed E-state index contributed by atoms with van der Waals surface area (Å²) in [4.78, 5) is 14.6. The number of hydrogen-bond donors (Lipinski definition) is 1. The first-order chi connectivity index (χ1) is 9.18. The molecule has 1 aliphatic rings. The van der Waals surface area contributed by atoms with Crippen LogP contribution in [0.1, 0.15) is 44.6 Å². The van der Waals surface area contributed by atoms with Gasteiger partial charge in [0.2, 0.25) is 0 Å². The van der Waals surface area contributed by atoms with Crippen molar-refractivity contribution in [2.24, 2.45) is 0 Å². The molecule has 0 unspecified atom stereocenters. The van der Waals surface area contributed by atoms with E-state index < -0.39 is 11.6 Å². The molecular weight excluding hydrogens is 250 g/mol. The number of aromatic nitrogens is 2. The topological polar surface area (TPSA) is 37.8 Å². The van der Waals surface area contributed by atoms with Gasteiger partial charge in [-0.2, -0.15) is 0 Å². The molecule has 1 aromatic carbocycles. The molecule has 1 N–H and O–H groups in total. The first-order valence-electron chi connectivity index (χ1n) is 6.76. The minimum absolute atomic E-state index is 0.0277. The molecule has 1 heterocycles. The van der Waals surface area contributed by atoms with E-state index in [0.29, 0.717) is 5.52 Å². The van der Waals surface area contributed by atoms with E-state index in [1.54, 1.807) is 0 Å². The van der Waals surface area contributed by atoms with E-state index in [2.05, 4.69) is 4.98 Å². The first kappa shape index (κ1) is 12.4. The molecule has 0 spiro atoms. The van der Waals surface area contributed by atoms with Gasteiger partial charge in [-0.15, -0.1) is 0 Å². The molecule has 5 heteroatoms. The van der Waals surface area contributed by atoms with Crippen LogP contribution in [0.5, 0.6) is 0 Å². The number of imidazole rings is 1. The van der Waals surface area contributed by atoms with Gasteiger partial charge in [0.25, 0.3) is 0 Å². The Labute approximate surface area is 109 Å². The van der Waals surface area contributed by atoms with Crippen LogP contribution in [0.4, 0.5) is 8.78 Å². The molecule has 0 saturated heterocycles. The lowest BCUT2D eigenvalue weighted by atomic mass is 10.1. The number of rotatable bonds is 1. The highest BCUT2D eigenvalue weighted by Gasteiger charge is 2.22. The van der Waals surface area contributed by atoms with Crippen LogP contribution in [0.3, 0.4) is 0 Å². The van der Waals surface area contributed by atoms with Crippen LogP contribution in [-0.4, -0.2) is 9.55 Å². The molecule has 0 radical (unpaired) electrons. The Bertz CT molecular complexity index is 651. The van der Waals surface area contributed by atoms with Crippen LogP contribution >= 0.6 is 0 Å². The van der Waals surface area contributed by atoms with Crippen molar-refractivity contribution in [2.75, 3.05) is 0 Å². The molecule has 3 nitrogen and oxygen atoms in total. The summed E-state index contributed by atoms with van der Waals surface area (Å²) in [7, 11) is 0. The smallest absolute Gasteiger partial charge is 0.305 e. The third-order valence-corrected chi connectivity index (χ3v) is 3.96. The largest absolute Gasteiger partial charge is 0.326 e. The Hall–Kier alpha value is -1.65. The summed E-state index contributed by atoms with van der Waals surface area (Å²) in [5.74, 6) is -1.84. The molecule has 1 saturated carbocycles. The van der Waals surface area contributed by atoms with Gasteiger partial charge < -0.3 is 4.98 Å². The number of aromatic amines is 1. The second-order valence-electron chi connectivity index (χ2n) is 5.20. The Morgan fingerprint density at radius 3 is 2.47 bits per heavy atom. The lowest BCUT2D eigenvalue weighted by Gasteiger charge is -2.16. The Balaban J connectivity index is 2.19. The summed E-state index contributed by atoms with van der Waals surface area (Å²) in [5, 5.41) is 0. The average molecular weight is 266 g/mol. The molecular formula is C14H16F2N2O. The van der Waals surface area contributed by atoms with Crippen LogP contribution < -0.4 is 5.69 Å². The molecule has 1 aromatic heterocycles. The molecule has 1 aliphatic carbocycles. The van der Waals surface area contributed by atoms with Gasteiger partial charge >= 0.3 is 5.69 Å². The zero-order valence-corrected chi connectivity index (χ0v) is 10.6. The van der Waals surface area contributed by atoms with Crippen LogP contribution in [0.15, 0.2) is 16.9 Å². The van der Waals surface area contributed by atoms with Crippen molar-refractivity contribution < 1.29 is 8.78 Å². The molecule has 0 bridgehead atoms. The van der Waals surface area contributed by atoms with Crippen molar-refractivity contribution in [1.29, 1.82) is 0 Å². The summed E-state index contributed by atoms with van der Waals surface area (Å²) in [6, 6.07) is 2.44. The number of nitrogens with zero attached hydrogens (tertiary/aromatic N) is 1. The lowest BCUT2D eigenvalue weighted by Crippen LogP contribution is -2.22. The van der Waals surface area contributed by atoms with E-state index in [4.69, 9.17) is 0 Å². The highest BCUT2D eigenvalue weighted by atomic mass is 19.2. The molecule has 1 fully saturated rings. The summed E-state index contributed by atoms with van der Waals surface area (Å²) >= 11 is 0. The SMILES string of the molecule is O=c1[nH]c2ccc(F)c(F)c2n1C1CCCCCC1. The van der Waals surface area contributed by atoms with Crippen molar-refractivity contribution in [3.05, 3.63) is 34.3 Å². The second-order valence-corrected chi connectivity index (χ2v) is 5.20. The highest BCUT2D eigenvalue weighted by molar-refractivity contribution is 5.76. The molecule has 0 aliphatic heterocycles. The number of benzene rings is 1. The summed E-state index contributed by atoms with van der Waals surface area (Å²) < 4.78 is 28.8. The minimum Gasteiger partial charge on any atom is -0.305 e. The highest BCUT2D eigenvalue weighted by Crippen LogP contribution is 2.29. The van der Waals surface area contributed by atoms with E-state index in [0.717, 1.165) is 44.6 Å². The number of nitrogens with one attached hydrogen (secondary N) is 1. The van der Waals surface area contributed by atoms with Crippen molar-refractivity contribution in [1.82, 2.24) is 9.55 Å². The molecule has 102 valence electrons. The zero-order chi connectivity index (χ0) is 13.4. The third-order valence-electron chi connectivity index (χ3n) is 3.96. The number of fused-ring (bicyclic) bond motifs is 1. The van der Waals surface area contributed by atoms with Gasteiger partial charge in [0.05, 0.1) is 5.52 Å². The van der Waals surface area contributed by atoms with Crippen molar-refractivity contribution >= 4 is 11.0 Å². The van der Waals surface area contributed by atoms with Gasteiger partial charge in [0.1, 0.15) is 5.52 Å². The van der Waals surface area contributed by atoms with Crippen LogP contribution in [0, 0.1) is 11.6 Å². The zero-order valence-electron chi connectivity index (χ0n) is 10.6. The summed E-state index contributed by atoms with van der Waals surface area (Å²) in [6.45, 7) is 0. The van der Waals surface area contributed by atoms with Gasteiger partial charge in [-0.05, 0) is 25.0 Å². The van der Waals surface area contributed by atoms with Crippen LogP contribution in [0.25, 0.3) is 11.0 Å². The van der Waals surface area contributed by atoms with Gasteiger partial charge in [-0.1, -0.05) is 25.7 Å². The first-order valence-corrected chi connectivity index (χ1v) is 6.76. The number of halogens is 2. The molecule has 0 amide bonds. The molecule has 3 rings (SSSR count). The number of hydrogen-bond acceptors (Lipinski definition) is 1. The Kier molecular flexibility index (Phi) is 3.12. The fourth-order valence-corrected chi connectivity index (χ4v) is 3.02. The molecule has 19 heavy (non-hydrogen) atoms. The maximum atomic E-state index is 14.0. The van der Waals surface area contributed by atoms with E-state index in [1.165, 1.54) is 10.6 Å². The van der Waals surface area contributed by atoms with Crippen molar-refractivity contribution in [3.8, 4) is 0 Å². The van der Waals surface area contributed by atoms with Gasteiger partial charge in [0, 0.05) is 6.04 Å². The summed E-state index contributed by atoms with van der Waals surface area (Å²) in [6.07, 6.45) is 6.04. The van der Waals surface area contributed by atoms with Crippen LogP contribution in [0.2, 0.25) is 0 Å². The maximum Gasteiger partial charge on any atom is 0.326 e. The molecule has 0 atom stereocenters. The van der Waals surface area contributed by atoms with E-state index in [9.17, 15) is 13.6 Å². The fourth-order valence-electron chi connectivity index (χ4n) is 3.02.